The summed E-state index contributed by atoms with van der Waals surface area (Å²) in [5.74, 6) is 0.808. The molecule has 0 aromatic heterocycles. The molecule has 6 heteroatoms. The molecular weight excluding hydrogens is 279 g/mol. The predicted octanol–water partition coefficient (Wildman–Crippen LogP) is 0.928. The van der Waals surface area contributed by atoms with Crippen LogP contribution in [0.3, 0.4) is 0 Å². The van der Waals surface area contributed by atoms with Gasteiger partial charge in [0.05, 0.1) is 13.2 Å². The van der Waals surface area contributed by atoms with Crippen molar-refractivity contribution in [2.24, 2.45) is 11.5 Å². The van der Waals surface area contributed by atoms with E-state index < -0.39 is 6.00 Å². The Balaban J connectivity index is 0.000000433. The van der Waals surface area contributed by atoms with Gasteiger partial charge in [-0.2, -0.15) is 0 Å². The molecule has 0 amide bonds. The van der Waals surface area contributed by atoms with Crippen LogP contribution >= 0.6 is 0 Å². The van der Waals surface area contributed by atoms with Crippen molar-refractivity contribution in [1.82, 2.24) is 0 Å². The quantitative estimate of drug-likeness (QED) is 0.443. The summed E-state index contributed by atoms with van der Waals surface area (Å²) in [6, 6.07) is 5.09. The first-order valence-electron chi connectivity index (χ1n) is 7.43. The Labute approximate surface area is 134 Å². The van der Waals surface area contributed by atoms with Crippen LogP contribution < -0.4 is 16.2 Å². The van der Waals surface area contributed by atoms with Crippen molar-refractivity contribution in [3.8, 4) is 5.75 Å². The van der Waals surface area contributed by atoms with Gasteiger partial charge >= 0.3 is 0 Å². The molecule has 0 saturated heterocycles. The first-order valence-corrected chi connectivity index (χ1v) is 7.43. The number of hydrogen-bond donors (Lipinski definition) is 4. The lowest BCUT2D eigenvalue weighted by atomic mass is 9.69. The van der Waals surface area contributed by atoms with Crippen LogP contribution in [-0.4, -0.2) is 36.5 Å². The van der Waals surface area contributed by atoms with Crippen molar-refractivity contribution < 1.29 is 14.9 Å². The number of aliphatic hydroxyl groups is 2. The average Bonchev–Trinajstić information content (AvgIpc) is 2.55. The molecule has 1 aromatic carbocycles. The van der Waals surface area contributed by atoms with Gasteiger partial charge < -0.3 is 26.4 Å². The Hall–Kier alpha value is -1.34. The molecule has 0 saturated carbocycles. The number of aliphatic hydroxyl groups excluding tert-OH is 2. The van der Waals surface area contributed by atoms with Gasteiger partial charge in [0.2, 0.25) is 0 Å². The smallest absolute Gasteiger partial charge is 0.172 e. The van der Waals surface area contributed by atoms with Crippen LogP contribution in [0.5, 0.6) is 5.75 Å². The van der Waals surface area contributed by atoms with Crippen molar-refractivity contribution in [3.63, 3.8) is 0 Å². The molecule has 22 heavy (non-hydrogen) atoms. The highest BCUT2D eigenvalue weighted by Crippen LogP contribution is 2.19. The molecule has 0 spiro atoms. The fraction of sp³-hybridized carbons (Fsp3) is 0.500. The van der Waals surface area contributed by atoms with Crippen molar-refractivity contribution in [1.29, 1.82) is 0 Å². The average molecular weight is 307 g/mol. The number of nitrogens with two attached hydrogens (primary N) is 2. The fourth-order valence-electron chi connectivity index (χ4n) is 1.67. The summed E-state index contributed by atoms with van der Waals surface area (Å²) in [4.78, 5) is 0. The molecule has 123 valence electrons. The lowest BCUT2D eigenvalue weighted by molar-refractivity contribution is 0.281. The van der Waals surface area contributed by atoms with Crippen molar-refractivity contribution >= 4 is 7.28 Å². The number of rotatable bonds is 7. The Morgan fingerprint density at radius 3 is 2.55 bits per heavy atom. The Bertz CT molecular complexity index is 453. The van der Waals surface area contributed by atoms with E-state index in [1.165, 1.54) is 0 Å². The molecule has 1 unspecified atom stereocenters. The maximum Gasteiger partial charge on any atom is 0.172 e. The molecule has 6 N–H and O–H groups in total. The summed E-state index contributed by atoms with van der Waals surface area (Å²) in [7, 11) is 1.66. The van der Waals surface area contributed by atoms with E-state index in [-0.39, 0.29) is 6.61 Å². The van der Waals surface area contributed by atoms with Crippen molar-refractivity contribution in [2.75, 3.05) is 13.1 Å². The summed E-state index contributed by atoms with van der Waals surface area (Å²) >= 11 is 0. The van der Waals surface area contributed by atoms with Gasteiger partial charge in [-0.15, -0.1) is 0 Å². The molecule has 0 heterocycles. The second-order valence-electron chi connectivity index (χ2n) is 4.69. The molecule has 0 aliphatic rings. The van der Waals surface area contributed by atoms with E-state index >= 15 is 0 Å². The molecule has 1 atom stereocenters. The van der Waals surface area contributed by atoms with Gasteiger partial charge in [-0.1, -0.05) is 17.7 Å². The third-order valence-corrected chi connectivity index (χ3v) is 3.11. The van der Waals surface area contributed by atoms with Gasteiger partial charge in [0.25, 0.3) is 0 Å². The van der Waals surface area contributed by atoms with Crippen LogP contribution in [0.25, 0.3) is 0 Å². The lowest BCUT2D eigenvalue weighted by Crippen LogP contribution is -2.24. The number of allylic oxidation sites excluding steroid dienone is 1. The molecular formula is C16H28BN2O3. The first kappa shape index (κ1) is 20.7. The van der Waals surface area contributed by atoms with Gasteiger partial charge in [0.15, 0.2) is 7.28 Å². The Morgan fingerprint density at radius 1 is 1.41 bits per heavy atom. The standard InChI is InChI=1S/C10H15NO2.C6H13BNO/c1-2-13-10-4-3-8(7-12)5-9(10)6-11;1-3-5(2)6(9)7-4-8/h3-5,12H,2,6-7,11H2,1H3;3,6,9H,4,8H2,1-2H3. The zero-order chi connectivity index (χ0) is 17.0. The SMILES string of the molecule is CC=C(C)C(O)[B]CN.CCOc1ccc(CO)cc1CN. The topological polar surface area (TPSA) is 102 Å². The highest BCUT2D eigenvalue weighted by atomic mass is 16.5. The van der Waals surface area contributed by atoms with Crippen molar-refractivity contribution in [2.45, 2.75) is 39.9 Å². The monoisotopic (exact) mass is 307 g/mol. The lowest BCUT2D eigenvalue weighted by Gasteiger charge is -2.09. The summed E-state index contributed by atoms with van der Waals surface area (Å²) in [5, 5.41) is 18.0. The molecule has 0 aliphatic carbocycles. The van der Waals surface area contributed by atoms with Crippen LogP contribution in [0.15, 0.2) is 29.8 Å². The maximum atomic E-state index is 9.11. The third-order valence-electron chi connectivity index (χ3n) is 3.11. The second kappa shape index (κ2) is 12.2. The zero-order valence-electron chi connectivity index (χ0n) is 13.7. The second-order valence-corrected chi connectivity index (χ2v) is 4.69. The highest BCUT2D eigenvalue weighted by molar-refractivity contribution is 6.38. The number of ether oxygens (including phenoxy) is 1. The van der Waals surface area contributed by atoms with Gasteiger partial charge in [0.1, 0.15) is 5.75 Å². The number of hydrogen-bond acceptors (Lipinski definition) is 5. The van der Waals surface area contributed by atoms with Gasteiger partial charge in [-0.3, -0.25) is 0 Å². The molecule has 0 aliphatic heterocycles. The molecule has 1 radical (unpaired) electrons. The fourth-order valence-corrected chi connectivity index (χ4v) is 1.67. The largest absolute Gasteiger partial charge is 0.494 e. The van der Waals surface area contributed by atoms with E-state index in [0.29, 0.717) is 19.6 Å². The molecule has 5 nitrogen and oxygen atoms in total. The first-order chi connectivity index (χ1) is 10.5. The summed E-state index contributed by atoms with van der Waals surface area (Å²) < 4.78 is 5.37. The summed E-state index contributed by atoms with van der Waals surface area (Å²) in [5.41, 5.74) is 13.5. The molecule has 1 rings (SSSR count). The van der Waals surface area contributed by atoms with E-state index in [0.717, 1.165) is 22.4 Å². The van der Waals surface area contributed by atoms with Gasteiger partial charge in [-0.25, -0.2) is 0 Å². The van der Waals surface area contributed by atoms with Crippen LogP contribution in [0.4, 0.5) is 0 Å². The van der Waals surface area contributed by atoms with Crippen LogP contribution in [0, 0.1) is 0 Å². The van der Waals surface area contributed by atoms with E-state index in [1.807, 2.05) is 45.0 Å². The van der Waals surface area contributed by atoms with Crippen LogP contribution in [0.2, 0.25) is 0 Å². The third kappa shape index (κ3) is 7.61. The van der Waals surface area contributed by atoms with Gasteiger partial charge in [0, 0.05) is 18.1 Å². The molecule has 0 fully saturated rings. The zero-order valence-corrected chi connectivity index (χ0v) is 13.7. The normalized spacial score (nSPS) is 12.2. The summed E-state index contributed by atoms with van der Waals surface area (Å²) in [6.07, 6.45) is 2.29. The summed E-state index contributed by atoms with van der Waals surface area (Å²) in [6.45, 7) is 6.80. The Kier molecular flexibility index (Phi) is 11.5. The molecule has 0 bridgehead atoms. The maximum absolute atomic E-state index is 9.11. The minimum absolute atomic E-state index is 0.0411. The van der Waals surface area contributed by atoms with E-state index in [4.69, 9.17) is 26.4 Å². The minimum atomic E-state index is -0.458. The van der Waals surface area contributed by atoms with Gasteiger partial charge in [-0.05, 0) is 44.9 Å². The van der Waals surface area contributed by atoms with Crippen LogP contribution in [0.1, 0.15) is 31.9 Å². The van der Waals surface area contributed by atoms with E-state index in [1.54, 1.807) is 7.28 Å². The van der Waals surface area contributed by atoms with E-state index in [9.17, 15) is 0 Å². The van der Waals surface area contributed by atoms with Crippen LogP contribution in [-0.2, 0) is 13.2 Å². The van der Waals surface area contributed by atoms with E-state index in [2.05, 4.69) is 0 Å². The minimum Gasteiger partial charge on any atom is -0.494 e. The predicted molar refractivity (Wildman–Crippen MR) is 91.7 cm³/mol. The Morgan fingerprint density at radius 2 is 2.09 bits per heavy atom. The van der Waals surface area contributed by atoms with Crippen molar-refractivity contribution in [3.05, 3.63) is 41.0 Å². The molecule has 1 aromatic rings. The highest BCUT2D eigenvalue weighted by Gasteiger charge is 2.04. The number of benzene rings is 1.